The van der Waals surface area contributed by atoms with Gasteiger partial charge >= 0.3 is 0 Å². The highest BCUT2D eigenvalue weighted by atomic mass is 35.5. The summed E-state index contributed by atoms with van der Waals surface area (Å²) in [5, 5.41) is 11.1. The molecular weight excluding hydrogens is 427 g/mol. The van der Waals surface area contributed by atoms with Gasteiger partial charge in [-0.2, -0.15) is 0 Å². The summed E-state index contributed by atoms with van der Waals surface area (Å²) in [5.41, 5.74) is 2.53. The monoisotopic (exact) mass is 440 g/mol. The van der Waals surface area contributed by atoms with E-state index < -0.39 is 0 Å². The number of rotatable bonds is 6. The maximum Gasteiger partial charge on any atom is 0.234 e. The van der Waals surface area contributed by atoms with Crippen molar-refractivity contribution in [1.29, 1.82) is 0 Å². The molecule has 27 heavy (non-hydrogen) atoms. The molecule has 9 heteroatoms. The van der Waals surface area contributed by atoms with Crippen LogP contribution in [-0.2, 0) is 11.2 Å². The van der Waals surface area contributed by atoms with E-state index in [4.69, 9.17) is 34.8 Å². The van der Waals surface area contributed by atoms with E-state index in [1.165, 1.54) is 29.5 Å². The van der Waals surface area contributed by atoms with E-state index in [0.29, 0.717) is 21.7 Å². The average Bonchev–Trinajstić information content (AvgIpc) is 3.12. The van der Waals surface area contributed by atoms with Crippen LogP contribution in [0.2, 0.25) is 15.1 Å². The molecule has 3 rings (SSSR count). The van der Waals surface area contributed by atoms with Crippen molar-refractivity contribution in [2.45, 2.75) is 18.5 Å². The van der Waals surface area contributed by atoms with E-state index in [-0.39, 0.29) is 21.7 Å². The molecule has 0 unspecified atom stereocenters. The third-order valence-electron chi connectivity index (χ3n) is 3.70. The van der Waals surface area contributed by atoms with Gasteiger partial charge in [0.2, 0.25) is 11.1 Å². The number of amides is 1. The van der Waals surface area contributed by atoms with Gasteiger partial charge in [-0.1, -0.05) is 77.8 Å². The lowest BCUT2D eigenvalue weighted by atomic mass is 10.1. The molecule has 2 N–H and O–H groups in total. The number of H-pyrrole nitrogens is 1. The zero-order valence-electron chi connectivity index (χ0n) is 14.2. The number of hydrogen-bond acceptors (Lipinski definition) is 4. The van der Waals surface area contributed by atoms with Gasteiger partial charge in [0.25, 0.3) is 0 Å². The molecule has 0 radical (unpaired) electrons. The summed E-state index contributed by atoms with van der Waals surface area (Å²) in [6.07, 6.45) is 0.981. The van der Waals surface area contributed by atoms with E-state index in [2.05, 4.69) is 39.6 Å². The van der Waals surface area contributed by atoms with Crippen LogP contribution in [0.25, 0.3) is 11.4 Å². The van der Waals surface area contributed by atoms with Crippen molar-refractivity contribution in [1.82, 2.24) is 15.2 Å². The second-order valence-corrected chi connectivity index (χ2v) is 7.79. The minimum absolute atomic E-state index is 0.112. The fourth-order valence-electron chi connectivity index (χ4n) is 2.31. The van der Waals surface area contributed by atoms with Gasteiger partial charge in [-0.15, -0.1) is 5.10 Å². The normalized spacial score (nSPS) is 10.8. The number of anilines is 1. The number of benzene rings is 2. The molecule has 1 heterocycles. The molecule has 5 nitrogen and oxygen atoms in total. The van der Waals surface area contributed by atoms with Crippen LogP contribution in [0.15, 0.2) is 41.6 Å². The van der Waals surface area contributed by atoms with Gasteiger partial charge in [0, 0.05) is 10.6 Å². The molecule has 0 atom stereocenters. The number of aromatic amines is 1. The summed E-state index contributed by atoms with van der Waals surface area (Å²) in [6.45, 7) is 2.10. The van der Waals surface area contributed by atoms with Crippen molar-refractivity contribution < 1.29 is 4.79 Å². The quantitative estimate of drug-likeness (QED) is 0.480. The predicted octanol–water partition coefficient (Wildman–Crippen LogP) is 5.73. The first kappa shape index (κ1) is 20.0. The fraction of sp³-hybridized carbons (Fsp3) is 0.167. The van der Waals surface area contributed by atoms with Crippen LogP contribution in [-0.4, -0.2) is 26.8 Å². The van der Waals surface area contributed by atoms with Crippen LogP contribution in [0.3, 0.4) is 0 Å². The predicted molar refractivity (Wildman–Crippen MR) is 112 cm³/mol. The summed E-state index contributed by atoms with van der Waals surface area (Å²) >= 11 is 19.2. The van der Waals surface area contributed by atoms with E-state index in [0.717, 1.165) is 12.0 Å². The average molecular weight is 442 g/mol. The van der Waals surface area contributed by atoms with E-state index in [1.807, 2.05) is 12.1 Å². The van der Waals surface area contributed by atoms with E-state index in [9.17, 15) is 4.79 Å². The second kappa shape index (κ2) is 8.97. The van der Waals surface area contributed by atoms with Crippen LogP contribution < -0.4 is 5.32 Å². The molecule has 0 saturated carbocycles. The highest BCUT2D eigenvalue weighted by molar-refractivity contribution is 7.99. The Morgan fingerprint density at radius 1 is 1.15 bits per heavy atom. The summed E-state index contributed by atoms with van der Waals surface area (Å²) < 4.78 is 0. The molecule has 2 aromatic carbocycles. The molecule has 1 aromatic heterocycles. The molecule has 0 aliphatic rings. The van der Waals surface area contributed by atoms with Crippen molar-refractivity contribution in [2.24, 2.45) is 0 Å². The van der Waals surface area contributed by atoms with Crippen molar-refractivity contribution in [3.8, 4) is 11.4 Å². The number of aromatic nitrogens is 3. The number of aryl methyl sites for hydroxylation is 1. The molecule has 140 valence electrons. The molecule has 0 saturated heterocycles. The minimum Gasteiger partial charge on any atom is -0.323 e. The molecular formula is C18H15Cl3N4OS. The van der Waals surface area contributed by atoms with Crippen molar-refractivity contribution in [3.05, 3.63) is 57.0 Å². The Bertz CT molecular complexity index is 936. The van der Waals surface area contributed by atoms with E-state index in [1.54, 1.807) is 0 Å². The highest BCUT2D eigenvalue weighted by Crippen LogP contribution is 2.33. The van der Waals surface area contributed by atoms with Crippen LogP contribution in [0.4, 0.5) is 5.69 Å². The molecule has 3 aromatic rings. The Morgan fingerprint density at radius 3 is 2.44 bits per heavy atom. The molecule has 1 amide bonds. The van der Waals surface area contributed by atoms with Crippen molar-refractivity contribution >= 4 is 58.2 Å². The maximum atomic E-state index is 12.2. The number of nitrogens with zero attached hydrogens (tertiary/aromatic N) is 2. The first-order chi connectivity index (χ1) is 13.0. The smallest absolute Gasteiger partial charge is 0.234 e. The lowest BCUT2D eigenvalue weighted by Crippen LogP contribution is -2.14. The highest BCUT2D eigenvalue weighted by Gasteiger charge is 2.13. The minimum atomic E-state index is -0.273. The SMILES string of the molecule is CCc1ccc(-c2nc(SCC(=O)Nc3c(Cl)cc(Cl)cc3Cl)n[nH]2)cc1. The van der Waals surface area contributed by atoms with Crippen LogP contribution in [0.5, 0.6) is 0 Å². The lowest BCUT2D eigenvalue weighted by molar-refractivity contribution is -0.113. The van der Waals surface area contributed by atoms with Gasteiger partial charge in [0.1, 0.15) is 0 Å². The number of hydrogen-bond donors (Lipinski definition) is 2. The summed E-state index contributed by atoms with van der Waals surface area (Å²) in [4.78, 5) is 16.6. The molecule has 0 fully saturated rings. The maximum absolute atomic E-state index is 12.2. The first-order valence-electron chi connectivity index (χ1n) is 8.05. The largest absolute Gasteiger partial charge is 0.323 e. The molecule has 0 spiro atoms. The standard InChI is InChI=1S/C18H15Cl3N4OS/c1-2-10-3-5-11(6-4-10)17-23-18(25-24-17)27-9-15(26)22-16-13(20)7-12(19)8-14(16)21/h3-8H,2,9H2,1H3,(H,22,26)(H,23,24,25). The third kappa shape index (κ3) is 5.17. The number of halogens is 3. The number of thioether (sulfide) groups is 1. The van der Waals surface area contributed by atoms with Gasteiger partial charge in [0.15, 0.2) is 5.82 Å². The van der Waals surface area contributed by atoms with Crippen molar-refractivity contribution in [3.63, 3.8) is 0 Å². The number of carbonyl (C=O) groups is 1. The number of carbonyl (C=O) groups excluding carboxylic acids is 1. The topological polar surface area (TPSA) is 70.7 Å². The van der Waals surface area contributed by atoms with Gasteiger partial charge in [0.05, 0.1) is 21.5 Å². The Kier molecular flexibility index (Phi) is 6.65. The van der Waals surface area contributed by atoms with Gasteiger partial charge in [-0.25, -0.2) is 4.98 Å². The Hall–Kier alpha value is -1.73. The van der Waals surface area contributed by atoms with E-state index >= 15 is 0 Å². The summed E-state index contributed by atoms with van der Waals surface area (Å²) in [7, 11) is 0. The van der Waals surface area contributed by atoms with Crippen LogP contribution in [0, 0.1) is 0 Å². The van der Waals surface area contributed by atoms with Gasteiger partial charge in [-0.3, -0.25) is 9.89 Å². The Balaban J connectivity index is 1.60. The number of nitrogens with one attached hydrogen (secondary N) is 2. The van der Waals surface area contributed by atoms with Crippen LogP contribution >= 0.6 is 46.6 Å². The molecule has 0 bridgehead atoms. The lowest BCUT2D eigenvalue weighted by Gasteiger charge is -2.09. The van der Waals surface area contributed by atoms with Gasteiger partial charge in [-0.05, 0) is 24.1 Å². The zero-order chi connectivity index (χ0) is 19.4. The Labute approximate surface area is 175 Å². The first-order valence-corrected chi connectivity index (χ1v) is 10.2. The zero-order valence-corrected chi connectivity index (χ0v) is 17.3. The van der Waals surface area contributed by atoms with Crippen molar-refractivity contribution in [2.75, 3.05) is 11.1 Å². The third-order valence-corrected chi connectivity index (χ3v) is 5.37. The molecule has 0 aliphatic heterocycles. The summed E-state index contributed by atoms with van der Waals surface area (Å²) in [5.74, 6) is 0.496. The van der Waals surface area contributed by atoms with Crippen LogP contribution in [0.1, 0.15) is 12.5 Å². The second-order valence-electron chi connectivity index (χ2n) is 5.60. The van der Waals surface area contributed by atoms with Gasteiger partial charge < -0.3 is 5.32 Å². The molecule has 0 aliphatic carbocycles. The summed E-state index contributed by atoms with van der Waals surface area (Å²) in [6, 6.07) is 11.1. The Morgan fingerprint density at radius 2 is 1.81 bits per heavy atom. The fourth-order valence-corrected chi connectivity index (χ4v) is 3.82.